The average molecular weight is 424 g/mol. The fourth-order valence-corrected chi connectivity index (χ4v) is 2.84. The molecule has 1 amide bonds. The highest BCUT2D eigenvalue weighted by molar-refractivity contribution is 9.10. The number of anilines is 1. The van der Waals surface area contributed by atoms with Gasteiger partial charge in [-0.05, 0) is 74.0 Å². The largest absolute Gasteiger partial charge is 0.423 e. The lowest BCUT2D eigenvalue weighted by atomic mass is 10.1. The molecule has 0 saturated heterocycles. The third-order valence-electron chi connectivity index (χ3n) is 4.04. The van der Waals surface area contributed by atoms with Crippen LogP contribution in [-0.2, 0) is 0 Å². The van der Waals surface area contributed by atoms with E-state index in [1.54, 1.807) is 48.5 Å². The molecule has 0 fully saturated rings. The van der Waals surface area contributed by atoms with Crippen LogP contribution in [0.5, 0.6) is 5.75 Å². The van der Waals surface area contributed by atoms with Crippen molar-refractivity contribution in [2.75, 3.05) is 5.32 Å². The minimum Gasteiger partial charge on any atom is -0.423 e. The summed E-state index contributed by atoms with van der Waals surface area (Å²) in [6.45, 7) is 3.96. The number of ether oxygens (including phenoxy) is 1. The lowest BCUT2D eigenvalue weighted by molar-refractivity contribution is 0.0734. The second-order valence-electron chi connectivity index (χ2n) is 6.19. The van der Waals surface area contributed by atoms with Gasteiger partial charge in [-0.2, -0.15) is 0 Å². The van der Waals surface area contributed by atoms with Gasteiger partial charge in [-0.25, -0.2) is 4.79 Å². The second-order valence-corrected chi connectivity index (χ2v) is 7.11. The van der Waals surface area contributed by atoms with E-state index in [-0.39, 0.29) is 5.91 Å². The van der Waals surface area contributed by atoms with Crippen molar-refractivity contribution in [3.8, 4) is 5.75 Å². The molecule has 0 aliphatic carbocycles. The lowest BCUT2D eigenvalue weighted by Gasteiger charge is -2.10. The van der Waals surface area contributed by atoms with Crippen LogP contribution >= 0.6 is 15.9 Å². The van der Waals surface area contributed by atoms with Crippen LogP contribution in [0.2, 0.25) is 0 Å². The zero-order chi connectivity index (χ0) is 19.4. The maximum atomic E-state index is 12.4. The van der Waals surface area contributed by atoms with Gasteiger partial charge in [0, 0.05) is 15.7 Å². The van der Waals surface area contributed by atoms with E-state index in [1.807, 2.05) is 32.0 Å². The van der Waals surface area contributed by atoms with E-state index < -0.39 is 5.97 Å². The molecule has 0 aromatic heterocycles. The highest BCUT2D eigenvalue weighted by Crippen LogP contribution is 2.19. The first kappa shape index (κ1) is 18.9. The van der Waals surface area contributed by atoms with E-state index >= 15 is 0 Å². The van der Waals surface area contributed by atoms with Gasteiger partial charge in [0.15, 0.2) is 0 Å². The molecular formula is C22H18BrNO3. The molecule has 0 unspecified atom stereocenters. The summed E-state index contributed by atoms with van der Waals surface area (Å²) < 4.78 is 6.23. The van der Waals surface area contributed by atoms with Crippen LogP contribution < -0.4 is 10.1 Å². The van der Waals surface area contributed by atoms with Crippen LogP contribution in [0.4, 0.5) is 5.69 Å². The summed E-state index contributed by atoms with van der Waals surface area (Å²) in [5.74, 6) is -0.284. The van der Waals surface area contributed by atoms with Crippen molar-refractivity contribution in [1.29, 1.82) is 0 Å². The Morgan fingerprint density at radius 2 is 1.48 bits per heavy atom. The summed E-state index contributed by atoms with van der Waals surface area (Å²) in [7, 11) is 0. The molecule has 27 heavy (non-hydrogen) atoms. The average Bonchev–Trinajstić information content (AvgIpc) is 2.65. The highest BCUT2D eigenvalue weighted by atomic mass is 79.9. The molecule has 3 rings (SSSR count). The van der Waals surface area contributed by atoms with E-state index in [0.29, 0.717) is 16.9 Å². The monoisotopic (exact) mass is 423 g/mol. The Morgan fingerprint density at radius 1 is 0.852 bits per heavy atom. The number of hydrogen-bond acceptors (Lipinski definition) is 3. The predicted octanol–water partition coefficient (Wildman–Crippen LogP) is 5.54. The third-order valence-corrected chi connectivity index (χ3v) is 4.57. The topological polar surface area (TPSA) is 55.4 Å². The molecule has 0 saturated carbocycles. The summed E-state index contributed by atoms with van der Waals surface area (Å²) in [6, 6.07) is 19.2. The fourth-order valence-electron chi connectivity index (χ4n) is 2.57. The first-order valence-corrected chi connectivity index (χ1v) is 9.18. The van der Waals surface area contributed by atoms with E-state index in [4.69, 9.17) is 4.74 Å². The van der Waals surface area contributed by atoms with Gasteiger partial charge in [0.2, 0.25) is 0 Å². The Morgan fingerprint density at radius 3 is 2.11 bits per heavy atom. The summed E-state index contributed by atoms with van der Waals surface area (Å²) >= 11 is 3.32. The molecule has 0 radical (unpaired) electrons. The SMILES string of the molecule is Cc1ccc(NC(=O)c2ccc(OC(=O)c3ccc(Br)cc3)cc2)c(C)c1. The number of aryl methyl sites for hydroxylation is 2. The zero-order valence-electron chi connectivity index (χ0n) is 15.0. The minimum absolute atomic E-state index is 0.215. The van der Waals surface area contributed by atoms with Gasteiger partial charge < -0.3 is 10.1 Å². The van der Waals surface area contributed by atoms with E-state index in [1.165, 1.54) is 0 Å². The molecular weight excluding hydrogens is 406 g/mol. The minimum atomic E-state index is -0.449. The van der Waals surface area contributed by atoms with Crippen molar-refractivity contribution in [3.05, 3.63) is 93.5 Å². The van der Waals surface area contributed by atoms with Gasteiger partial charge >= 0.3 is 5.97 Å². The number of halogens is 1. The van der Waals surface area contributed by atoms with Gasteiger partial charge in [-0.15, -0.1) is 0 Å². The Kier molecular flexibility index (Phi) is 5.72. The van der Waals surface area contributed by atoms with Crippen LogP contribution in [0.25, 0.3) is 0 Å². The Hall–Kier alpha value is -2.92. The highest BCUT2D eigenvalue weighted by Gasteiger charge is 2.11. The normalized spacial score (nSPS) is 10.3. The Labute approximate surface area is 166 Å². The molecule has 0 spiro atoms. The molecule has 5 heteroatoms. The van der Waals surface area contributed by atoms with Gasteiger partial charge in [-0.1, -0.05) is 33.6 Å². The standard InChI is InChI=1S/C22H18BrNO3/c1-14-3-12-20(15(2)13-14)24-21(25)16-6-10-19(11-7-16)27-22(26)17-4-8-18(23)9-5-17/h3-13H,1-2H3,(H,24,25). The Bertz CT molecular complexity index is 979. The zero-order valence-corrected chi connectivity index (χ0v) is 16.5. The summed E-state index contributed by atoms with van der Waals surface area (Å²) in [6.07, 6.45) is 0. The van der Waals surface area contributed by atoms with Crippen LogP contribution in [0.1, 0.15) is 31.8 Å². The van der Waals surface area contributed by atoms with Crippen molar-refractivity contribution in [1.82, 2.24) is 0 Å². The maximum Gasteiger partial charge on any atom is 0.343 e. The van der Waals surface area contributed by atoms with E-state index in [0.717, 1.165) is 21.3 Å². The van der Waals surface area contributed by atoms with Gasteiger partial charge in [0.1, 0.15) is 5.75 Å². The lowest BCUT2D eigenvalue weighted by Crippen LogP contribution is -2.13. The second kappa shape index (κ2) is 8.18. The number of nitrogens with one attached hydrogen (secondary N) is 1. The number of benzene rings is 3. The number of carbonyl (C=O) groups excluding carboxylic acids is 2. The summed E-state index contributed by atoms with van der Waals surface area (Å²) in [4.78, 5) is 24.5. The van der Waals surface area contributed by atoms with Crippen LogP contribution in [0.3, 0.4) is 0 Å². The maximum absolute atomic E-state index is 12.4. The van der Waals surface area contributed by atoms with Crippen molar-refractivity contribution < 1.29 is 14.3 Å². The van der Waals surface area contributed by atoms with Crippen LogP contribution in [0.15, 0.2) is 71.2 Å². The van der Waals surface area contributed by atoms with Crippen LogP contribution in [0, 0.1) is 13.8 Å². The van der Waals surface area contributed by atoms with Crippen LogP contribution in [-0.4, -0.2) is 11.9 Å². The molecule has 0 aliphatic rings. The number of esters is 1. The van der Waals surface area contributed by atoms with Crippen molar-refractivity contribution in [2.45, 2.75) is 13.8 Å². The third kappa shape index (κ3) is 4.83. The number of amides is 1. The predicted molar refractivity (Wildman–Crippen MR) is 109 cm³/mol. The fraction of sp³-hybridized carbons (Fsp3) is 0.0909. The molecule has 0 aliphatic heterocycles. The molecule has 3 aromatic carbocycles. The first-order valence-electron chi connectivity index (χ1n) is 8.39. The van der Waals surface area contributed by atoms with E-state index in [9.17, 15) is 9.59 Å². The molecule has 136 valence electrons. The molecule has 4 nitrogen and oxygen atoms in total. The van der Waals surface area contributed by atoms with Gasteiger partial charge in [-0.3, -0.25) is 4.79 Å². The smallest absolute Gasteiger partial charge is 0.343 e. The van der Waals surface area contributed by atoms with Gasteiger partial charge in [0.05, 0.1) is 5.56 Å². The van der Waals surface area contributed by atoms with Crippen molar-refractivity contribution in [2.24, 2.45) is 0 Å². The van der Waals surface area contributed by atoms with Crippen molar-refractivity contribution in [3.63, 3.8) is 0 Å². The van der Waals surface area contributed by atoms with E-state index in [2.05, 4.69) is 21.2 Å². The quantitative estimate of drug-likeness (QED) is 0.442. The summed E-state index contributed by atoms with van der Waals surface area (Å²) in [5.41, 5.74) is 3.86. The molecule has 0 heterocycles. The summed E-state index contributed by atoms with van der Waals surface area (Å²) in [5, 5.41) is 2.89. The molecule has 0 bridgehead atoms. The Balaban J connectivity index is 1.66. The molecule has 3 aromatic rings. The number of hydrogen-bond donors (Lipinski definition) is 1. The number of carbonyl (C=O) groups is 2. The first-order chi connectivity index (χ1) is 12.9. The number of rotatable bonds is 4. The molecule has 0 atom stereocenters. The molecule has 1 N–H and O–H groups in total. The van der Waals surface area contributed by atoms with Crippen molar-refractivity contribution >= 4 is 33.5 Å². The van der Waals surface area contributed by atoms with Gasteiger partial charge in [0.25, 0.3) is 5.91 Å².